The van der Waals surface area contributed by atoms with E-state index in [4.69, 9.17) is 11.6 Å². The van der Waals surface area contributed by atoms with Crippen molar-refractivity contribution in [2.75, 3.05) is 6.54 Å². The lowest BCUT2D eigenvalue weighted by Crippen LogP contribution is -2.40. The van der Waals surface area contributed by atoms with E-state index in [1.807, 2.05) is 0 Å². The van der Waals surface area contributed by atoms with Crippen LogP contribution in [0.5, 0.6) is 0 Å². The van der Waals surface area contributed by atoms with Crippen LogP contribution in [0.15, 0.2) is 18.2 Å². The predicted molar refractivity (Wildman–Crippen MR) is 63.6 cm³/mol. The maximum absolute atomic E-state index is 13.6. The van der Waals surface area contributed by atoms with E-state index >= 15 is 0 Å². The van der Waals surface area contributed by atoms with Gasteiger partial charge in [-0.2, -0.15) is 0 Å². The molecule has 0 unspecified atom stereocenters. The second-order valence-corrected chi connectivity index (χ2v) is 4.45. The van der Waals surface area contributed by atoms with Gasteiger partial charge in [0, 0.05) is 6.04 Å². The molecule has 0 N–H and O–H groups in total. The molecule has 0 heterocycles. The molecule has 0 aromatic heterocycles. The van der Waals surface area contributed by atoms with Gasteiger partial charge in [-0.3, -0.25) is 4.79 Å². The Morgan fingerprint density at radius 2 is 2.00 bits per heavy atom. The largest absolute Gasteiger partial charge is 0.330 e. The van der Waals surface area contributed by atoms with Gasteiger partial charge in [0.25, 0.3) is 12.3 Å². The molecule has 0 aliphatic rings. The molecule has 1 amide bonds. The number of nitrogens with zero attached hydrogens (tertiary/aromatic N) is 1. The summed E-state index contributed by atoms with van der Waals surface area (Å²) in [5.41, 5.74) is -0.295. The van der Waals surface area contributed by atoms with E-state index in [-0.39, 0.29) is 10.6 Å². The quantitative estimate of drug-likeness (QED) is 0.825. The third-order valence-electron chi connectivity index (χ3n) is 2.40. The van der Waals surface area contributed by atoms with Crippen LogP contribution >= 0.6 is 11.6 Å². The van der Waals surface area contributed by atoms with Crippen LogP contribution in [-0.4, -0.2) is 29.8 Å². The van der Waals surface area contributed by atoms with Gasteiger partial charge in [0.05, 0.1) is 17.1 Å². The van der Waals surface area contributed by atoms with Crippen LogP contribution in [0.3, 0.4) is 0 Å². The van der Waals surface area contributed by atoms with Crippen LogP contribution in [0.2, 0.25) is 5.02 Å². The van der Waals surface area contributed by atoms with Crippen molar-refractivity contribution in [2.24, 2.45) is 0 Å². The van der Waals surface area contributed by atoms with Crippen molar-refractivity contribution in [3.8, 4) is 0 Å². The first-order valence-corrected chi connectivity index (χ1v) is 5.75. The normalized spacial score (nSPS) is 11.1. The standard InChI is InChI=1S/C12H13ClF3NO/c1-7(2)17(6-10(14)15)12(18)8-4-3-5-9(13)11(8)16/h3-5,7,10H,6H2,1-2H3. The molecule has 0 atom stereocenters. The summed E-state index contributed by atoms with van der Waals surface area (Å²) < 4.78 is 38.4. The molecule has 100 valence electrons. The summed E-state index contributed by atoms with van der Waals surface area (Å²) >= 11 is 5.55. The van der Waals surface area contributed by atoms with Crippen molar-refractivity contribution >= 4 is 17.5 Å². The first kappa shape index (κ1) is 14.8. The molecule has 0 fully saturated rings. The van der Waals surface area contributed by atoms with Crippen LogP contribution in [0, 0.1) is 5.82 Å². The molecule has 0 aliphatic heterocycles. The van der Waals surface area contributed by atoms with Gasteiger partial charge in [-0.15, -0.1) is 0 Å². The summed E-state index contributed by atoms with van der Waals surface area (Å²) in [6.45, 7) is 2.44. The number of halogens is 4. The Kier molecular flexibility index (Phi) is 5.02. The highest BCUT2D eigenvalue weighted by Gasteiger charge is 2.25. The van der Waals surface area contributed by atoms with Crippen molar-refractivity contribution in [1.29, 1.82) is 0 Å². The van der Waals surface area contributed by atoms with Crippen LogP contribution in [0.1, 0.15) is 24.2 Å². The molecule has 1 rings (SSSR count). The molecule has 0 saturated carbocycles. The van der Waals surface area contributed by atoms with Crippen LogP contribution in [-0.2, 0) is 0 Å². The third-order valence-corrected chi connectivity index (χ3v) is 2.69. The van der Waals surface area contributed by atoms with Crippen LogP contribution < -0.4 is 0 Å². The smallest absolute Gasteiger partial charge is 0.257 e. The summed E-state index contributed by atoms with van der Waals surface area (Å²) in [5.74, 6) is -1.67. The fourth-order valence-electron chi connectivity index (χ4n) is 1.50. The third kappa shape index (κ3) is 3.38. The van der Waals surface area contributed by atoms with E-state index in [9.17, 15) is 18.0 Å². The van der Waals surface area contributed by atoms with Gasteiger partial charge >= 0.3 is 0 Å². The molecule has 1 aromatic carbocycles. The van der Waals surface area contributed by atoms with Gasteiger partial charge in [-0.05, 0) is 26.0 Å². The molecule has 0 radical (unpaired) electrons. The summed E-state index contributed by atoms with van der Waals surface area (Å²) in [6.07, 6.45) is -2.67. The molecule has 2 nitrogen and oxygen atoms in total. The van der Waals surface area contributed by atoms with Crippen molar-refractivity contribution < 1.29 is 18.0 Å². The number of carbonyl (C=O) groups is 1. The first-order chi connectivity index (χ1) is 8.34. The zero-order valence-corrected chi connectivity index (χ0v) is 10.7. The molecule has 0 bridgehead atoms. The van der Waals surface area contributed by atoms with E-state index in [2.05, 4.69) is 0 Å². The average Bonchev–Trinajstić information content (AvgIpc) is 2.28. The minimum absolute atomic E-state index is 0.207. The topological polar surface area (TPSA) is 20.3 Å². The zero-order chi connectivity index (χ0) is 13.9. The molecule has 0 spiro atoms. The van der Waals surface area contributed by atoms with Gasteiger partial charge in [0.1, 0.15) is 0 Å². The number of benzene rings is 1. The molecular formula is C12H13ClF3NO. The van der Waals surface area contributed by atoms with Crippen molar-refractivity contribution in [3.05, 3.63) is 34.6 Å². The SMILES string of the molecule is CC(C)N(CC(F)F)C(=O)c1cccc(Cl)c1F. The van der Waals surface area contributed by atoms with Gasteiger partial charge < -0.3 is 4.90 Å². The Balaban J connectivity index is 3.06. The summed E-state index contributed by atoms with van der Waals surface area (Å²) in [5, 5.41) is -0.207. The van der Waals surface area contributed by atoms with Crippen molar-refractivity contribution in [2.45, 2.75) is 26.3 Å². The average molecular weight is 280 g/mol. The number of alkyl halides is 2. The number of amides is 1. The van der Waals surface area contributed by atoms with Crippen LogP contribution in [0.25, 0.3) is 0 Å². The molecular weight excluding hydrogens is 267 g/mol. The second-order valence-electron chi connectivity index (χ2n) is 4.04. The monoisotopic (exact) mass is 279 g/mol. The van der Waals surface area contributed by atoms with E-state index in [1.165, 1.54) is 18.2 Å². The summed E-state index contributed by atoms with van der Waals surface area (Å²) in [7, 11) is 0. The highest BCUT2D eigenvalue weighted by atomic mass is 35.5. The lowest BCUT2D eigenvalue weighted by atomic mass is 10.1. The number of hydrogen-bond donors (Lipinski definition) is 0. The lowest BCUT2D eigenvalue weighted by Gasteiger charge is -2.26. The summed E-state index contributed by atoms with van der Waals surface area (Å²) in [4.78, 5) is 12.9. The highest BCUT2D eigenvalue weighted by molar-refractivity contribution is 6.31. The van der Waals surface area contributed by atoms with E-state index < -0.39 is 30.7 Å². The Morgan fingerprint density at radius 3 is 2.50 bits per heavy atom. The predicted octanol–water partition coefficient (Wildman–Crippen LogP) is 3.59. The molecule has 18 heavy (non-hydrogen) atoms. The summed E-state index contributed by atoms with van der Waals surface area (Å²) in [6, 6.07) is 3.47. The minimum atomic E-state index is -2.67. The number of rotatable bonds is 4. The van der Waals surface area contributed by atoms with Crippen molar-refractivity contribution in [3.63, 3.8) is 0 Å². The van der Waals surface area contributed by atoms with Gasteiger partial charge in [-0.25, -0.2) is 13.2 Å². The van der Waals surface area contributed by atoms with Gasteiger partial charge in [0.15, 0.2) is 5.82 Å². The fraction of sp³-hybridized carbons (Fsp3) is 0.417. The second kappa shape index (κ2) is 6.09. The number of carbonyl (C=O) groups excluding carboxylic acids is 1. The van der Waals surface area contributed by atoms with Gasteiger partial charge in [0.2, 0.25) is 0 Å². The van der Waals surface area contributed by atoms with E-state index in [0.717, 1.165) is 4.90 Å². The zero-order valence-electron chi connectivity index (χ0n) is 9.96. The molecule has 1 aromatic rings. The minimum Gasteiger partial charge on any atom is -0.330 e. The Bertz CT molecular complexity index is 437. The maximum atomic E-state index is 13.6. The molecule has 0 saturated heterocycles. The van der Waals surface area contributed by atoms with Gasteiger partial charge in [-0.1, -0.05) is 17.7 Å². The Morgan fingerprint density at radius 1 is 1.39 bits per heavy atom. The Hall–Kier alpha value is -1.23. The lowest BCUT2D eigenvalue weighted by molar-refractivity contribution is 0.0472. The highest BCUT2D eigenvalue weighted by Crippen LogP contribution is 2.20. The van der Waals surface area contributed by atoms with Crippen molar-refractivity contribution in [1.82, 2.24) is 4.90 Å². The van der Waals surface area contributed by atoms with E-state index in [1.54, 1.807) is 13.8 Å². The van der Waals surface area contributed by atoms with E-state index in [0.29, 0.717) is 0 Å². The molecule has 6 heteroatoms. The maximum Gasteiger partial charge on any atom is 0.257 e. The fourth-order valence-corrected chi connectivity index (χ4v) is 1.68. The number of hydrogen-bond acceptors (Lipinski definition) is 1. The Labute approximate surface area is 108 Å². The first-order valence-electron chi connectivity index (χ1n) is 5.37. The van der Waals surface area contributed by atoms with Crippen LogP contribution in [0.4, 0.5) is 13.2 Å². The molecule has 0 aliphatic carbocycles.